The minimum Gasteiger partial charge on any atom is -0.381 e. The highest BCUT2D eigenvalue weighted by molar-refractivity contribution is 5.73. The molecule has 0 bridgehead atoms. The minimum atomic E-state index is -0.0474. The van der Waals surface area contributed by atoms with Crippen molar-refractivity contribution >= 4 is 6.03 Å². The van der Waals surface area contributed by atoms with Crippen molar-refractivity contribution in [1.29, 1.82) is 0 Å². The van der Waals surface area contributed by atoms with Gasteiger partial charge in [-0.2, -0.15) is 0 Å². The van der Waals surface area contributed by atoms with E-state index in [4.69, 9.17) is 4.74 Å². The first-order valence-corrected chi connectivity index (χ1v) is 5.07. The van der Waals surface area contributed by atoms with Crippen molar-refractivity contribution in [2.75, 3.05) is 33.9 Å². The zero-order chi connectivity index (χ0) is 11.0. The number of hydrogen-bond acceptors (Lipinski definition) is 2. The molecule has 4 heteroatoms. The van der Waals surface area contributed by atoms with Gasteiger partial charge in [0.2, 0.25) is 0 Å². The Kier molecular flexibility index (Phi) is 7.20. The maximum atomic E-state index is 11.1. The molecule has 0 aliphatic carbocycles. The maximum Gasteiger partial charge on any atom is 0.316 e. The van der Waals surface area contributed by atoms with Crippen LogP contribution in [-0.2, 0) is 4.74 Å². The van der Waals surface area contributed by atoms with E-state index in [1.807, 2.05) is 0 Å². The second-order valence-corrected chi connectivity index (χ2v) is 3.95. The average Bonchev–Trinajstić information content (AvgIpc) is 2.09. The molecule has 0 spiro atoms. The van der Waals surface area contributed by atoms with E-state index in [0.717, 1.165) is 13.0 Å². The molecule has 14 heavy (non-hydrogen) atoms. The van der Waals surface area contributed by atoms with E-state index < -0.39 is 0 Å². The fourth-order valence-corrected chi connectivity index (χ4v) is 0.847. The Morgan fingerprint density at radius 1 is 1.43 bits per heavy atom. The summed E-state index contributed by atoms with van der Waals surface area (Å²) in [6.07, 6.45) is 0.867. The fourth-order valence-electron chi connectivity index (χ4n) is 0.847. The Bertz CT molecular complexity index is 158. The van der Waals surface area contributed by atoms with Crippen LogP contribution < -0.4 is 5.32 Å². The normalized spacial score (nSPS) is 10.4. The molecule has 0 aromatic carbocycles. The van der Waals surface area contributed by atoms with Gasteiger partial charge in [0, 0.05) is 33.9 Å². The Labute approximate surface area is 86.6 Å². The maximum absolute atomic E-state index is 11.1. The van der Waals surface area contributed by atoms with E-state index in [2.05, 4.69) is 19.2 Å². The lowest BCUT2D eigenvalue weighted by atomic mass is 10.2. The first-order chi connectivity index (χ1) is 6.54. The molecule has 0 aliphatic rings. The number of carbonyl (C=O) groups excluding carboxylic acids is 1. The van der Waals surface area contributed by atoms with Gasteiger partial charge in [-0.1, -0.05) is 13.8 Å². The molecule has 0 aromatic heterocycles. The van der Waals surface area contributed by atoms with Crippen molar-refractivity contribution in [3.05, 3.63) is 0 Å². The van der Waals surface area contributed by atoms with E-state index in [1.165, 1.54) is 4.90 Å². The first kappa shape index (κ1) is 13.2. The van der Waals surface area contributed by atoms with E-state index in [9.17, 15) is 4.79 Å². The van der Waals surface area contributed by atoms with Crippen molar-refractivity contribution in [3.8, 4) is 0 Å². The van der Waals surface area contributed by atoms with Gasteiger partial charge in [-0.25, -0.2) is 4.79 Å². The second-order valence-electron chi connectivity index (χ2n) is 3.95. The molecule has 0 heterocycles. The monoisotopic (exact) mass is 202 g/mol. The van der Waals surface area contributed by atoms with Gasteiger partial charge in [-0.15, -0.1) is 0 Å². The fraction of sp³-hybridized carbons (Fsp3) is 0.900. The summed E-state index contributed by atoms with van der Waals surface area (Å²) in [6.45, 7) is 6.42. The Morgan fingerprint density at radius 3 is 2.57 bits per heavy atom. The summed E-state index contributed by atoms with van der Waals surface area (Å²) in [5.74, 6) is 0.575. The van der Waals surface area contributed by atoms with Crippen molar-refractivity contribution in [3.63, 3.8) is 0 Å². The van der Waals surface area contributed by atoms with Gasteiger partial charge >= 0.3 is 6.03 Å². The number of rotatable bonds is 6. The molecular formula is C10H22N2O2. The van der Waals surface area contributed by atoms with Crippen LogP contribution in [0.1, 0.15) is 20.3 Å². The number of nitrogens with one attached hydrogen (secondary N) is 1. The summed E-state index contributed by atoms with van der Waals surface area (Å²) in [5.41, 5.74) is 0. The average molecular weight is 202 g/mol. The molecule has 0 unspecified atom stereocenters. The van der Waals surface area contributed by atoms with Crippen LogP contribution in [0.4, 0.5) is 4.79 Å². The quantitative estimate of drug-likeness (QED) is 0.660. The third kappa shape index (κ3) is 7.86. The molecule has 0 aromatic rings. The Balaban J connectivity index is 3.18. The predicted octanol–water partition coefficient (Wildman–Crippen LogP) is 1.32. The van der Waals surface area contributed by atoms with Crippen molar-refractivity contribution in [2.45, 2.75) is 20.3 Å². The highest BCUT2D eigenvalue weighted by atomic mass is 16.5. The lowest BCUT2D eigenvalue weighted by Crippen LogP contribution is -2.35. The highest BCUT2D eigenvalue weighted by Gasteiger charge is 2.00. The zero-order valence-electron chi connectivity index (χ0n) is 9.67. The summed E-state index contributed by atoms with van der Waals surface area (Å²) in [5, 5.41) is 2.78. The van der Waals surface area contributed by atoms with Gasteiger partial charge in [-0.05, 0) is 12.3 Å². The molecule has 1 N–H and O–H groups in total. The van der Waals surface area contributed by atoms with Gasteiger partial charge in [0.15, 0.2) is 0 Å². The van der Waals surface area contributed by atoms with Crippen molar-refractivity contribution in [1.82, 2.24) is 10.2 Å². The number of urea groups is 1. The summed E-state index contributed by atoms with van der Waals surface area (Å²) in [4.78, 5) is 12.6. The SMILES string of the molecule is CC(C)COCCCNC(=O)N(C)C. The number of carbonyl (C=O) groups is 1. The molecular weight excluding hydrogens is 180 g/mol. The van der Waals surface area contributed by atoms with Gasteiger partial charge in [0.25, 0.3) is 0 Å². The van der Waals surface area contributed by atoms with Crippen LogP contribution in [0.2, 0.25) is 0 Å². The topological polar surface area (TPSA) is 41.6 Å². The molecule has 0 atom stereocenters. The van der Waals surface area contributed by atoms with E-state index >= 15 is 0 Å². The molecule has 0 aliphatic heterocycles. The molecule has 0 radical (unpaired) electrons. The van der Waals surface area contributed by atoms with E-state index in [1.54, 1.807) is 14.1 Å². The Hall–Kier alpha value is -0.770. The second kappa shape index (κ2) is 7.62. The smallest absolute Gasteiger partial charge is 0.316 e. The van der Waals surface area contributed by atoms with Gasteiger partial charge in [0.05, 0.1) is 0 Å². The van der Waals surface area contributed by atoms with Crippen LogP contribution in [0.3, 0.4) is 0 Å². The summed E-state index contributed by atoms with van der Waals surface area (Å²) in [7, 11) is 3.45. The number of ether oxygens (including phenoxy) is 1. The standard InChI is InChI=1S/C10H22N2O2/c1-9(2)8-14-7-5-6-11-10(13)12(3)4/h9H,5-8H2,1-4H3,(H,11,13). The van der Waals surface area contributed by atoms with Crippen LogP contribution in [0, 0.1) is 5.92 Å². The summed E-state index contributed by atoms with van der Waals surface area (Å²) >= 11 is 0. The lowest BCUT2D eigenvalue weighted by molar-refractivity contribution is 0.108. The summed E-state index contributed by atoms with van der Waals surface area (Å²) in [6, 6.07) is -0.0474. The number of hydrogen-bond donors (Lipinski definition) is 1. The Morgan fingerprint density at radius 2 is 2.07 bits per heavy atom. The van der Waals surface area contributed by atoms with Crippen LogP contribution in [-0.4, -0.2) is 44.8 Å². The van der Waals surface area contributed by atoms with E-state index in [-0.39, 0.29) is 6.03 Å². The molecule has 2 amide bonds. The highest BCUT2D eigenvalue weighted by Crippen LogP contribution is 1.92. The number of amides is 2. The molecule has 84 valence electrons. The van der Waals surface area contributed by atoms with Crippen LogP contribution in [0.15, 0.2) is 0 Å². The van der Waals surface area contributed by atoms with Crippen molar-refractivity contribution in [2.24, 2.45) is 5.92 Å². The van der Waals surface area contributed by atoms with E-state index in [0.29, 0.717) is 19.1 Å². The molecule has 4 nitrogen and oxygen atoms in total. The predicted molar refractivity (Wildman–Crippen MR) is 57.4 cm³/mol. The van der Waals surface area contributed by atoms with Gasteiger partial charge < -0.3 is 15.0 Å². The third-order valence-electron chi connectivity index (χ3n) is 1.60. The minimum absolute atomic E-state index is 0.0474. The third-order valence-corrected chi connectivity index (χ3v) is 1.60. The lowest BCUT2D eigenvalue weighted by Gasteiger charge is -2.12. The van der Waals surface area contributed by atoms with Crippen molar-refractivity contribution < 1.29 is 9.53 Å². The molecule has 0 saturated carbocycles. The molecule has 0 fully saturated rings. The molecule has 0 saturated heterocycles. The van der Waals surface area contributed by atoms with Crippen LogP contribution in [0.25, 0.3) is 0 Å². The summed E-state index contributed by atoms with van der Waals surface area (Å²) < 4.78 is 5.37. The molecule has 0 rings (SSSR count). The van der Waals surface area contributed by atoms with Gasteiger partial charge in [0.1, 0.15) is 0 Å². The van der Waals surface area contributed by atoms with Gasteiger partial charge in [-0.3, -0.25) is 0 Å². The number of nitrogens with zero attached hydrogens (tertiary/aromatic N) is 1. The largest absolute Gasteiger partial charge is 0.381 e. The van der Waals surface area contributed by atoms with Crippen LogP contribution >= 0.6 is 0 Å². The zero-order valence-corrected chi connectivity index (χ0v) is 9.67. The van der Waals surface area contributed by atoms with Crippen LogP contribution in [0.5, 0.6) is 0 Å². The first-order valence-electron chi connectivity index (χ1n) is 5.07.